The normalized spacial score (nSPS) is 13.3. The number of pyridine rings is 1. The molecular formula is C18H16N4O3. The van der Waals surface area contributed by atoms with Gasteiger partial charge in [-0.1, -0.05) is 18.2 Å². The first kappa shape index (κ1) is 15.3. The molecule has 126 valence electrons. The number of benzene rings is 1. The van der Waals surface area contributed by atoms with Gasteiger partial charge in [-0.15, -0.1) is 0 Å². The molecule has 0 saturated heterocycles. The molecular weight excluding hydrogens is 320 g/mol. The number of carbonyl (C=O) groups is 1. The van der Waals surface area contributed by atoms with Crippen molar-refractivity contribution in [3.8, 4) is 0 Å². The van der Waals surface area contributed by atoms with Gasteiger partial charge in [0.05, 0.1) is 10.9 Å². The van der Waals surface area contributed by atoms with Crippen molar-refractivity contribution >= 4 is 22.6 Å². The summed E-state index contributed by atoms with van der Waals surface area (Å²) in [6.07, 6.45) is 2.23. The van der Waals surface area contributed by atoms with Crippen LogP contribution in [0.1, 0.15) is 15.9 Å². The molecule has 2 aromatic heterocycles. The fourth-order valence-electron chi connectivity index (χ4n) is 3.29. The summed E-state index contributed by atoms with van der Waals surface area (Å²) in [7, 11) is 2.96. The van der Waals surface area contributed by atoms with Crippen molar-refractivity contribution in [3.05, 3.63) is 68.5 Å². The first-order valence-electron chi connectivity index (χ1n) is 7.94. The maximum absolute atomic E-state index is 12.9. The molecule has 0 atom stereocenters. The lowest BCUT2D eigenvalue weighted by Crippen LogP contribution is -2.37. The van der Waals surface area contributed by atoms with Crippen LogP contribution in [0, 0.1) is 0 Å². The molecule has 1 amide bonds. The topological polar surface area (TPSA) is 77.2 Å². The summed E-state index contributed by atoms with van der Waals surface area (Å²) in [4.78, 5) is 43.2. The van der Waals surface area contributed by atoms with Gasteiger partial charge >= 0.3 is 5.69 Å². The Labute approximate surface area is 142 Å². The maximum atomic E-state index is 12.9. The number of rotatable bonds is 1. The van der Waals surface area contributed by atoms with Crippen LogP contribution in [0.3, 0.4) is 0 Å². The van der Waals surface area contributed by atoms with Crippen LogP contribution in [0.2, 0.25) is 0 Å². The third-order valence-corrected chi connectivity index (χ3v) is 4.67. The van der Waals surface area contributed by atoms with Crippen molar-refractivity contribution in [1.29, 1.82) is 0 Å². The SMILES string of the molecule is Cn1c(=O)c2cc(C(=O)N3CCc4ccccc43)cnc2n(C)c1=O. The predicted octanol–water partition coefficient (Wildman–Crippen LogP) is 0.835. The summed E-state index contributed by atoms with van der Waals surface area (Å²) in [5.74, 6) is -0.199. The zero-order valence-corrected chi connectivity index (χ0v) is 13.9. The lowest BCUT2D eigenvalue weighted by atomic mass is 10.1. The van der Waals surface area contributed by atoms with Crippen LogP contribution in [0.5, 0.6) is 0 Å². The number of aryl methyl sites for hydroxylation is 1. The molecule has 3 aromatic rings. The highest BCUT2D eigenvalue weighted by atomic mass is 16.2. The van der Waals surface area contributed by atoms with Crippen LogP contribution < -0.4 is 16.1 Å². The lowest BCUT2D eigenvalue weighted by molar-refractivity contribution is 0.0989. The monoisotopic (exact) mass is 336 g/mol. The highest BCUT2D eigenvalue weighted by Crippen LogP contribution is 2.28. The number of aromatic nitrogens is 3. The van der Waals surface area contributed by atoms with Gasteiger partial charge in [0.2, 0.25) is 0 Å². The fourth-order valence-corrected chi connectivity index (χ4v) is 3.29. The number of hydrogen-bond donors (Lipinski definition) is 0. The van der Waals surface area contributed by atoms with Crippen molar-refractivity contribution in [3.63, 3.8) is 0 Å². The number of fused-ring (bicyclic) bond motifs is 2. The van der Waals surface area contributed by atoms with Gasteiger partial charge in [0.25, 0.3) is 11.5 Å². The highest BCUT2D eigenvalue weighted by molar-refractivity contribution is 6.08. The van der Waals surface area contributed by atoms with E-state index in [0.29, 0.717) is 12.1 Å². The number of carbonyl (C=O) groups excluding carboxylic acids is 1. The van der Waals surface area contributed by atoms with Gasteiger partial charge in [0.1, 0.15) is 5.65 Å². The van der Waals surface area contributed by atoms with E-state index in [9.17, 15) is 14.4 Å². The average Bonchev–Trinajstić information content (AvgIpc) is 3.07. The summed E-state index contributed by atoms with van der Waals surface area (Å²) in [5, 5.41) is 0.253. The van der Waals surface area contributed by atoms with E-state index in [0.717, 1.165) is 22.2 Å². The Morgan fingerprint density at radius 2 is 1.88 bits per heavy atom. The van der Waals surface area contributed by atoms with Crippen LogP contribution in [-0.2, 0) is 20.5 Å². The Morgan fingerprint density at radius 1 is 1.12 bits per heavy atom. The van der Waals surface area contributed by atoms with E-state index < -0.39 is 11.2 Å². The van der Waals surface area contributed by atoms with E-state index >= 15 is 0 Å². The van der Waals surface area contributed by atoms with Crippen LogP contribution in [0.25, 0.3) is 11.0 Å². The molecule has 1 aromatic carbocycles. The van der Waals surface area contributed by atoms with Crippen molar-refractivity contribution < 1.29 is 4.79 Å². The van der Waals surface area contributed by atoms with Crippen LogP contribution >= 0.6 is 0 Å². The lowest BCUT2D eigenvalue weighted by Gasteiger charge is -2.17. The summed E-state index contributed by atoms with van der Waals surface area (Å²) < 4.78 is 2.32. The molecule has 0 aliphatic carbocycles. The smallest absolute Gasteiger partial charge is 0.308 e. The third kappa shape index (κ3) is 2.20. The number of nitrogens with zero attached hydrogens (tertiary/aromatic N) is 4. The van der Waals surface area contributed by atoms with E-state index in [1.54, 1.807) is 11.9 Å². The Hall–Kier alpha value is -3.22. The van der Waals surface area contributed by atoms with E-state index in [2.05, 4.69) is 4.98 Å². The quantitative estimate of drug-likeness (QED) is 0.660. The number of para-hydroxylation sites is 1. The molecule has 25 heavy (non-hydrogen) atoms. The van der Waals surface area contributed by atoms with Crippen LogP contribution in [0.15, 0.2) is 46.1 Å². The highest BCUT2D eigenvalue weighted by Gasteiger charge is 2.26. The molecule has 0 fully saturated rings. The average molecular weight is 336 g/mol. The van der Waals surface area contributed by atoms with E-state index in [1.165, 1.54) is 23.9 Å². The second-order valence-electron chi connectivity index (χ2n) is 6.14. The second-order valence-corrected chi connectivity index (χ2v) is 6.14. The minimum atomic E-state index is -0.456. The zero-order valence-electron chi connectivity index (χ0n) is 13.9. The molecule has 0 unspecified atom stereocenters. The zero-order chi connectivity index (χ0) is 17.7. The Bertz CT molecular complexity index is 1140. The van der Waals surface area contributed by atoms with Crippen LogP contribution in [-0.4, -0.2) is 26.6 Å². The van der Waals surface area contributed by atoms with E-state index in [1.807, 2.05) is 24.3 Å². The minimum Gasteiger partial charge on any atom is -0.308 e. The summed E-state index contributed by atoms with van der Waals surface area (Å²) in [6, 6.07) is 9.29. The van der Waals surface area contributed by atoms with Crippen molar-refractivity contribution in [1.82, 2.24) is 14.1 Å². The van der Waals surface area contributed by atoms with Crippen molar-refractivity contribution in [2.24, 2.45) is 14.1 Å². The first-order valence-corrected chi connectivity index (χ1v) is 7.94. The standard InChI is InChI=1S/C18H16N4O3/c1-20-15-13(17(24)21(2)18(20)25)9-12(10-19-15)16(23)22-8-7-11-5-3-4-6-14(11)22/h3-6,9-10H,7-8H2,1-2H3. The Kier molecular flexibility index (Phi) is 3.31. The van der Waals surface area contributed by atoms with Gasteiger partial charge in [-0.25, -0.2) is 9.78 Å². The molecule has 0 bridgehead atoms. The number of hydrogen-bond acceptors (Lipinski definition) is 4. The van der Waals surface area contributed by atoms with Crippen molar-refractivity contribution in [2.45, 2.75) is 6.42 Å². The maximum Gasteiger partial charge on any atom is 0.332 e. The van der Waals surface area contributed by atoms with Gasteiger partial charge in [-0.05, 0) is 24.1 Å². The molecule has 0 radical (unpaired) electrons. The van der Waals surface area contributed by atoms with Crippen molar-refractivity contribution in [2.75, 3.05) is 11.4 Å². The molecule has 1 aliphatic heterocycles. The van der Waals surface area contributed by atoms with E-state index in [-0.39, 0.29) is 16.9 Å². The van der Waals surface area contributed by atoms with E-state index in [4.69, 9.17) is 0 Å². The Balaban J connectivity index is 1.85. The third-order valence-electron chi connectivity index (χ3n) is 4.67. The predicted molar refractivity (Wildman–Crippen MR) is 94.0 cm³/mol. The van der Waals surface area contributed by atoms with Gasteiger partial charge in [0.15, 0.2) is 0 Å². The fraction of sp³-hybridized carbons (Fsp3) is 0.222. The Morgan fingerprint density at radius 3 is 2.68 bits per heavy atom. The summed E-state index contributed by atoms with van der Waals surface area (Å²) in [6.45, 7) is 0.599. The van der Waals surface area contributed by atoms with Gasteiger partial charge in [0, 0.05) is 32.5 Å². The molecule has 1 aliphatic rings. The van der Waals surface area contributed by atoms with Gasteiger partial charge < -0.3 is 4.90 Å². The molecule has 3 heterocycles. The molecule has 0 saturated carbocycles. The number of amides is 1. The van der Waals surface area contributed by atoms with Gasteiger partial charge in [-0.2, -0.15) is 0 Å². The molecule has 0 N–H and O–H groups in total. The molecule has 7 nitrogen and oxygen atoms in total. The second kappa shape index (κ2) is 5.41. The minimum absolute atomic E-state index is 0.199. The van der Waals surface area contributed by atoms with Gasteiger partial charge in [-0.3, -0.25) is 18.7 Å². The summed E-state index contributed by atoms with van der Waals surface area (Å²) in [5.41, 5.74) is 1.72. The summed E-state index contributed by atoms with van der Waals surface area (Å²) >= 11 is 0. The number of anilines is 1. The molecule has 7 heteroatoms. The largest absolute Gasteiger partial charge is 0.332 e. The molecule has 0 spiro atoms. The first-order chi connectivity index (χ1) is 12.0. The van der Waals surface area contributed by atoms with Crippen LogP contribution in [0.4, 0.5) is 5.69 Å². The molecule has 4 rings (SSSR count).